The second-order valence-corrected chi connectivity index (χ2v) is 6.83. The third kappa shape index (κ3) is 6.81. The van der Waals surface area contributed by atoms with Crippen LogP contribution in [0.5, 0.6) is 0 Å². The van der Waals surface area contributed by atoms with Crippen molar-refractivity contribution in [1.82, 2.24) is 15.6 Å². The maximum atomic E-state index is 14.0. The number of pyridine rings is 1. The molecule has 1 saturated heterocycles. The largest absolute Gasteiger partial charge is 0.380 e. The van der Waals surface area contributed by atoms with Crippen LogP contribution in [0.3, 0.4) is 0 Å². The van der Waals surface area contributed by atoms with Gasteiger partial charge in [-0.05, 0) is 36.6 Å². The molecule has 1 fully saturated rings. The molecule has 0 saturated carbocycles. The third-order valence-electron chi connectivity index (χ3n) is 4.67. The van der Waals surface area contributed by atoms with Gasteiger partial charge in [0.1, 0.15) is 0 Å². The highest BCUT2D eigenvalue weighted by atomic mass is 127. The Morgan fingerprint density at radius 2 is 2.03 bits per heavy atom. The fourth-order valence-electron chi connectivity index (χ4n) is 3.27. The van der Waals surface area contributed by atoms with E-state index in [0.29, 0.717) is 25.5 Å². The molecule has 0 amide bonds. The topological polar surface area (TPSA) is 61.8 Å². The number of ether oxygens (including phenoxy) is 1. The number of hydrogen-bond acceptors (Lipinski definition) is 4. The summed E-state index contributed by atoms with van der Waals surface area (Å²) in [5, 5.41) is 6.75. The van der Waals surface area contributed by atoms with Gasteiger partial charge >= 0.3 is 0 Å². The number of benzene rings is 1. The summed E-state index contributed by atoms with van der Waals surface area (Å²) < 4.78 is 19.1. The van der Waals surface area contributed by atoms with Gasteiger partial charge in [0.2, 0.25) is 0 Å². The van der Waals surface area contributed by atoms with Crippen LogP contribution in [0, 0.1) is 5.82 Å². The predicted molar refractivity (Wildman–Crippen MR) is 125 cm³/mol. The normalized spacial score (nSPS) is 16.4. The van der Waals surface area contributed by atoms with Crippen LogP contribution < -0.4 is 15.5 Å². The van der Waals surface area contributed by atoms with Crippen molar-refractivity contribution in [3.63, 3.8) is 0 Å². The third-order valence-corrected chi connectivity index (χ3v) is 4.67. The van der Waals surface area contributed by atoms with Gasteiger partial charge in [0, 0.05) is 39.0 Å². The Hall–Kier alpha value is -1.94. The number of aliphatic imine (C=N–C) groups is 1. The average Bonchev–Trinajstić information content (AvgIpc) is 3.16. The molecule has 2 aromatic rings. The second kappa shape index (κ2) is 11.9. The number of anilines is 1. The molecule has 0 aliphatic carbocycles. The summed E-state index contributed by atoms with van der Waals surface area (Å²) >= 11 is 0. The van der Waals surface area contributed by atoms with Gasteiger partial charge in [0.05, 0.1) is 13.2 Å². The molecule has 1 aromatic carbocycles. The van der Waals surface area contributed by atoms with Crippen molar-refractivity contribution < 1.29 is 9.13 Å². The zero-order valence-electron chi connectivity index (χ0n) is 16.9. The molecule has 1 atom stereocenters. The van der Waals surface area contributed by atoms with Crippen LogP contribution in [0.2, 0.25) is 0 Å². The average molecular weight is 513 g/mol. The lowest BCUT2D eigenvalue weighted by molar-refractivity contribution is 0.185. The van der Waals surface area contributed by atoms with Crippen LogP contribution in [0.15, 0.2) is 47.6 Å². The molecule has 1 unspecified atom stereocenters. The van der Waals surface area contributed by atoms with E-state index < -0.39 is 0 Å². The minimum absolute atomic E-state index is 0. The van der Waals surface area contributed by atoms with Crippen LogP contribution in [0.1, 0.15) is 24.5 Å². The van der Waals surface area contributed by atoms with E-state index in [0.717, 1.165) is 36.6 Å². The van der Waals surface area contributed by atoms with E-state index in [1.807, 2.05) is 11.8 Å². The Morgan fingerprint density at radius 3 is 2.72 bits per heavy atom. The molecule has 3 rings (SSSR count). The molecule has 2 heterocycles. The van der Waals surface area contributed by atoms with Crippen LogP contribution in [0.25, 0.3) is 0 Å². The molecular formula is C21H29FIN5O. The highest BCUT2D eigenvalue weighted by Gasteiger charge is 2.25. The van der Waals surface area contributed by atoms with Gasteiger partial charge in [-0.2, -0.15) is 0 Å². The van der Waals surface area contributed by atoms with E-state index in [1.165, 1.54) is 6.07 Å². The molecule has 158 valence electrons. The van der Waals surface area contributed by atoms with Gasteiger partial charge in [0.15, 0.2) is 17.6 Å². The van der Waals surface area contributed by atoms with E-state index in [1.54, 1.807) is 19.4 Å². The van der Waals surface area contributed by atoms with Crippen molar-refractivity contribution >= 4 is 35.8 Å². The number of guanidine groups is 1. The molecule has 1 aliphatic heterocycles. The maximum Gasteiger partial charge on any atom is 0.191 e. The summed E-state index contributed by atoms with van der Waals surface area (Å²) in [6.07, 6.45) is 2.54. The Bertz CT molecular complexity index is 787. The molecule has 0 radical (unpaired) electrons. The van der Waals surface area contributed by atoms with Crippen molar-refractivity contribution in [1.29, 1.82) is 0 Å². The van der Waals surface area contributed by atoms with Crippen molar-refractivity contribution in [3.8, 4) is 0 Å². The summed E-state index contributed by atoms with van der Waals surface area (Å²) in [4.78, 5) is 10.8. The molecule has 1 aliphatic rings. The molecule has 6 nitrogen and oxygen atoms in total. The fraction of sp³-hybridized carbons (Fsp3) is 0.429. The lowest BCUT2D eigenvalue weighted by Gasteiger charge is -2.20. The van der Waals surface area contributed by atoms with Crippen LogP contribution in [-0.4, -0.2) is 43.7 Å². The van der Waals surface area contributed by atoms with Gasteiger partial charge in [-0.3, -0.25) is 0 Å². The lowest BCUT2D eigenvalue weighted by Crippen LogP contribution is -2.44. The highest BCUT2D eigenvalue weighted by molar-refractivity contribution is 14.0. The van der Waals surface area contributed by atoms with Gasteiger partial charge in [-0.1, -0.05) is 24.3 Å². The van der Waals surface area contributed by atoms with Gasteiger partial charge in [-0.15, -0.1) is 24.0 Å². The maximum absolute atomic E-state index is 14.0. The van der Waals surface area contributed by atoms with E-state index in [9.17, 15) is 4.39 Å². The van der Waals surface area contributed by atoms with E-state index in [2.05, 4.69) is 39.9 Å². The summed E-state index contributed by atoms with van der Waals surface area (Å²) in [6, 6.07) is 11.5. The smallest absolute Gasteiger partial charge is 0.191 e. The number of nitrogens with one attached hydrogen (secondary N) is 2. The summed E-state index contributed by atoms with van der Waals surface area (Å²) in [6.45, 7) is 5.50. The van der Waals surface area contributed by atoms with Crippen LogP contribution in [-0.2, 0) is 17.9 Å². The Kier molecular flexibility index (Phi) is 9.59. The van der Waals surface area contributed by atoms with Crippen molar-refractivity contribution in [2.45, 2.75) is 32.5 Å². The monoisotopic (exact) mass is 513 g/mol. The number of halogens is 2. The number of rotatable bonds is 7. The molecule has 0 bridgehead atoms. The van der Waals surface area contributed by atoms with E-state index in [-0.39, 0.29) is 35.8 Å². The van der Waals surface area contributed by atoms with Crippen molar-refractivity contribution in [3.05, 3.63) is 59.5 Å². The van der Waals surface area contributed by atoms with Crippen LogP contribution >= 0.6 is 24.0 Å². The number of nitrogens with zero attached hydrogens (tertiary/aromatic N) is 3. The zero-order valence-corrected chi connectivity index (χ0v) is 19.2. The molecule has 29 heavy (non-hydrogen) atoms. The van der Waals surface area contributed by atoms with Crippen LogP contribution in [0.4, 0.5) is 10.2 Å². The SMILES string of the molecule is CCNC(=NCc1ccc(COC)cc1)NC1CCN(c2ncccc2F)C1.I. The first-order valence-electron chi connectivity index (χ1n) is 9.66. The zero-order chi connectivity index (χ0) is 19.8. The van der Waals surface area contributed by atoms with E-state index >= 15 is 0 Å². The first kappa shape index (κ1) is 23.3. The molecule has 8 heteroatoms. The molecule has 0 spiro atoms. The minimum Gasteiger partial charge on any atom is -0.380 e. The quantitative estimate of drug-likeness (QED) is 0.338. The molecule has 2 N–H and O–H groups in total. The number of aromatic nitrogens is 1. The second-order valence-electron chi connectivity index (χ2n) is 6.83. The summed E-state index contributed by atoms with van der Waals surface area (Å²) in [5.74, 6) is 0.919. The summed E-state index contributed by atoms with van der Waals surface area (Å²) in [7, 11) is 1.69. The Labute approximate surface area is 189 Å². The Morgan fingerprint density at radius 1 is 1.28 bits per heavy atom. The van der Waals surface area contributed by atoms with Crippen molar-refractivity contribution in [2.24, 2.45) is 4.99 Å². The summed E-state index contributed by atoms with van der Waals surface area (Å²) in [5.41, 5.74) is 2.29. The minimum atomic E-state index is -0.277. The van der Waals surface area contributed by atoms with Gasteiger partial charge < -0.3 is 20.3 Å². The first-order valence-corrected chi connectivity index (χ1v) is 9.66. The number of hydrogen-bond donors (Lipinski definition) is 2. The van der Waals surface area contributed by atoms with Gasteiger partial charge in [0.25, 0.3) is 0 Å². The molecular weight excluding hydrogens is 484 g/mol. The van der Waals surface area contributed by atoms with E-state index in [4.69, 9.17) is 9.73 Å². The predicted octanol–water partition coefficient (Wildman–Crippen LogP) is 3.32. The van der Waals surface area contributed by atoms with Gasteiger partial charge in [-0.25, -0.2) is 14.4 Å². The highest BCUT2D eigenvalue weighted by Crippen LogP contribution is 2.20. The fourth-order valence-corrected chi connectivity index (χ4v) is 3.27. The first-order chi connectivity index (χ1) is 13.7. The molecule has 1 aromatic heterocycles. The lowest BCUT2D eigenvalue weighted by atomic mass is 10.1. The number of methoxy groups -OCH3 is 1. The Balaban J connectivity index is 0.00000300. The standard InChI is InChI=1S/C21H28FN5O.HI/c1-3-23-21(25-13-16-6-8-17(9-7-16)15-28-2)26-18-10-12-27(14-18)20-19(22)5-4-11-24-20;/h4-9,11,18H,3,10,12-15H2,1-2H3,(H2,23,25,26);1H. The van der Waals surface area contributed by atoms with Crippen molar-refractivity contribution in [2.75, 3.05) is 31.6 Å².